The molecule has 1 saturated heterocycles. The van der Waals surface area contributed by atoms with Crippen LogP contribution in [0.15, 0.2) is 18.2 Å². The van der Waals surface area contributed by atoms with Crippen LogP contribution in [0.5, 0.6) is 11.5 Å². The molecule has 0 bridgehead atoms. The molecule has 1 unspecified atom stereocenters. The fourth-order valence-electron chi connectivity index (χ4n) is 2.00. The van der Waals surface area contributed by atoms with Crippen molar-refractivity contribution in [3.8, 4) is 11.5 Å². The van der Waals surface area contributed by atoms with Crippen LogP contribution in [0.4, 0.5) is 0 Å². The highest BCUT2D eigenvalue weighted by Crippen LogP contribution is 2.22. The van der Waals surface area contributed by atoms with Crippen molar-refractivity contribution >= 4 is 5.91 Å². The van der Waals surface area contributed by atoms with Crippen molar-refractivity contribution in [1.82, 2.24) is 10.6 Å². The average molecular weight is 280 g/mol. The first-order valence-electron chi connectivity index (χ1n) is 6.56. The SMILES string of the molecule is COc1cc(OC)cc(C(=O)NCC2CNCCO2)c1. The maximum Gasteiger partial charge on any atom is 0.251 e. The zero-order valence-electron chi connectivity index (χ0n) is 11.8. The van der Waals surface area contributed by atoms with E-state index in [0.29, 0.717) is 30.2 Å². The van der Waals surface area contributed by atoms with Gasteiger partial charge in [-0.1, -0.05) is 0 Å². The van der Waals surface area contributed by atoms with E-state index in [2.05, 4.69) is 10.6 Å². The van der Waals surface area contributed by atoms with Gasteiger partial charge in [0.25, 0.3) is 5.91 Å². The van der Waals surface area contributed by atoms with Crippen molar-refractivity contribution in [1.29, 1.82) is 0 Å². The molecule has 6 heteroatoms. The predicted molar refractivity (Wildman–Crippen MR) is 74.5 cm³/mol. The fourth-order valence-corrected chi connectivity index (χ4v) is 2.00. The number of rotatable bonds is 5. The van der Waals surface area contributed by atoms with E-state index in [1.165, 1.54) is 0 Å². The Bertz CT molecular complexity index is 436. The van der Waals surface area contributed by atoms with E-state index in [1.54, 1.807) is 32.4 Å². The first-order chi connectivity index (χ1) is 9.72. The lowest BCUT2D eigenvalue weighted by Crippen LogP contribution is -2.45. The summed E-state index contributed by atoms with van der Waals surface area (Å²) in [4.78, 5) is 12.1. The van der Waals surface area contributed by atoms with Crippen LogP contribution < -0.4 is 20.1 Å². The summed E-state index contributed by atoms with van der Waals surface area (Å²) >= 11 is 0. The molecule has 0 radical (unpaired) electrons. The number of amides is 1. The minimum absolute atomic E-state index is 0.0141. The van der Waals surface area contributed by atoms with E-state index in [0.717, 1.165) is 13.1 Å². The van der Waals surface area contributed by atoms with E-state index in [4.69, 9.17) is 14.2 Å². The number of carbonyl (C=O) groups excluding carboxylic acids is 1. The molecule has 20 heavy (non-hydrogen) atoms. The molecule has 0 saturated carbocycles. The molecule has 1 aliphatic heterocycles. The lowest BCUT2D eigenvalue weighted by Gasteiger charge is -2.23. The predicted octanol–water partition coefficient (Wildman–Crippen LogP) is 0.422. The Kier molecular flexibility index (Phi) is 5.20. The standard InChI is InChI=1S/C14H20N2O4/c1-18-11-5-10(6-12(7-11)19-2)14(17)16-9-13-8-15-3-4-20-13/h5-7,13,15H,3-4,8-9H2,1-2H3,(H,16,17). The van der Waals surface area contributed by atoms with Crippen LogP contribution in [0.1, 0.15) is 10.4 Å². The molecule has 0 aliphatic carbocycles. The molecule has 6 nitrogen and oxygen atoms in total. The van der Waals surface area contributed by atoms with Crippen LogP contribution in [0, 0.1) is 0 Å². The number of benzene rings is 1. The zero-order chi connectivity index (χ0) is 14.4. The molecule has 110 valence electrons. The average Bonchev–Trinajstić information content (AvgIpc) is 2.52. The maximum atomic E-state index is 12.1. The smallest absolute Gasteiger partial charge is 0.251 e. The second-order valence-electron chi connectivity index (χ2n) is 4.51. The summed E-state index contributed by atoms with van der Waals surface area (Å²) in [6, 6.07) is 5.08. The van der Waals surface area contributed by atoms with Crippen LogP contribution in [-0.4, -0.2) is 52.5 Å². The second-order valence-corrected chi connectivity index (χ2v) is 4.51. The maximum absolute atomic E-state index is 12.1. The van der Waals surface area contributed by atoms with Crippen LogP contribution >= 0.6 is 0 Å². The van der Waals surface area contributed by atoms with Gasteiger partial charge in [-0.05, 0) is 12.1 Å². The van der Waals surface area contributed by atoms with Gasteiger partial charge in [0.05, 0.1) is 26.9 Å². The molecule has 1 aromatic carbocycles. The van der Waals surface area contributed by atoms with Gasteiger partial charge in [0.2, 0.25) is 0 Å². The van der Waals surface area contributed by atoms with E-state index >= 15 is 0 Å². The van der Waals surface area contributed by atoms with Crippen molar-refractivity contribution < 1.29 is 19.0 Å². The molecule has 2 N–H and O–H groups in total. The quantitative estimate of drug-likeness (QED) is 0.818. The Balaban J connectivity index is 1.97. The van der Waals surface area contributed by atoms with Crippen molar-refractivity contribution in [3.63, 3.8) is 0 Å². The summed E-state index contributed by atoms with van der Waals surface area (Å²) in [6.45, 7) is 2.76. The minimum atomic E-state index is -0.170. The van der Waals surface area contributed by atoms with E-state index in [9.17, 15) is 4.79 Å². The number of methoxy groups -OCH3 is 2. The van der Waals surface area contributed by atoms with E-state index < -0.39 is 0 Å². The minimum Gasteiger partial charge on any atom is -0.497 e. The number of nitrogens with one attached hydrogen (secondary N) is 2. The van der Waals surface area contributed by atoms with Gasteiger partial charge in [0.1, 0.15) is 11.5 Å². The molecule has 0 aromatic heterocycles. The van der Waals surface area contributed by atoms with Crippen molar-refractivity contribution in [2.75, 3.05) is 40.5 Å². The van der Waals surface area contributed by atoms with Gasteiger partial charge in [0.15, 0.2) is 0 Å². The number of ether oxygens (including phenoxy) is 3. The van der Waals surface area contributed by atoms with Crippen LogP contribution in [-0.2, 0) is 4.74 Å². The summed E-state index contributed by atoms with van der Waals surface area (Å²) in [6.07, 6.45) is 0.0141. The van der Waals surface area contributed by atoms with Crippen LogP contribution in [0.3, 0.4) is 0 Å². The van der Waals surface area contributed by atoms with Crippen LogP contribution in [0.25, 0.3) is 0 Å². The lowest BCUT2D eigenvalue weighted by molar-refractivity contribution is 0.0287. The molecule has 1 amide bonds. The van der Waals surface area contributed by atoms with Crippen molar-refractivity contribution in [2.45, 2.75) is 6.10 Å². The highest BCUT2D eigenvalue weighted by Gasteiger charge is 2.15. The van der Waals surface area contributed by atoms with E-state index in [1.807, 2.05) is 0 Å². The van der Waals surface area contributed by atoms with Gasteiger partial charge in [-0.15, -0.1) is 0 Å². The molecule has 1 fully saturated rings. The number of hydrogen-bond acceptors (Lipinski definition) is 5. The Morgan fingerprint density at radius 2 is 2.05 bits per heavy atom. The Morgan fingerprint density at radius 1 is 1.35 bits per heavy atom. The second kappa shape index (κ2) is 7.12. The third-order valence-corrected chi connectivity index (χ3v) is 3.11. The third-order valence-electron chi connectivity index (χ3n) is 3.11. The Labute approximate surface area is 118 Å². The number of hydrogen-bond donors (Lipinski definition) is 2. The summed E-state index contributed by atoms with van der Waals surface area (Å²) < 4.78 is 15.8. The van der Waals surface area contributed by atoms with Gasteiger partial charge in [-0.25, -0.2) is 0 Å². The Morgan fingerprint density at radius 3 is 2.60 bits per heavy atom. The first-order valence-corrected chi connectivity index (χ1v) is 6.56. The van der Waals surface area contributed by atoms with E-state index in [-0.39, 0.29) is 12.0 Å². The molecular formula is C14H20N2O4. The number of morpholine rings is 1. The fraction of sp³-hybridized carbons (Fsp3) is 0.500. The molecule has 1 atom stereocenters. The molecular weight excluding hydrogens is 260 g/mol. The van der Waals surface area contributed by atoms with Crippen molar-refractivity contribution in [3.05, 3.63) is 23.8 Å². The van der Waals surface area contributed by atoms with Crippen LogP contribution in [0.2, 0.25) is 0 Å². The monoisotopic (exact) mass is 280 g/mol. The summed E-state index contributed by atoms with van der Waals surface area (Å²) in [5.74, 6) is 1.01. The van der Waals surface area contributed by atoms with Gasteiger partial charge in [-0.2, -0.15) is 0 Å². The summed E-state index contributed by atoms with van der Waals surface area (Å²) in [5, 5.41) is 6.07. The van der Waals surface area contributed by atoms with Gasteiger partial charge in [0, 0.05) is 31.3 Å². The molecule has 2 rings (SSSR count). The third kappa shape index (κ3) is 3.85. The highest BCUT2D eigenvalue weighted by atomic mass is 16.5. The normalized spacial score (nSPS) is 18.4. The molecule has 1 heterocycles. The highest BCUT2D eigenvalue weighted by molar-refractivity contribution is 5.95. The Hall–Kier alpha value is -1.79. The largest absolute Gasteiger partial charge is 0.497 e. The zero-order valence-corrected chi connectivity index (χ0v) is 11.8. The van der Waals surface area contributed by atoms with Gasteiger partial charge in [-0.3, -0.25) is 4.79 Å². The summed E-state index contributed by atoms with van der Waals surface area (Å²) in [7, 11) is 3.11. The lowest BCUT2D eigenvalue weighted by atomic mass is 10.2. The van der Waals surface area contributed by atoms with Gasteiger partial charge >= 0.3 is 0 Å². The van der Waals surface area contributed by atoms with Crippen molar-refractivity contribution in [2.24, 2.45) is 0 Å². The first kappa shape index (κ1) is 14.6. The van der Waals surface area contributed by atoms with Gasteiger partial charge < -0.3 is 24.8 Å². The molecule has 1 aromatic rings. The topological polar surface area (TPSA) is 68.8 Å². The number of carbonyl (C=O) groups is 1. The molecule has 0 spiro atoms. The summed E-state index contributed by atoms with van der Waals surface area (Å²) in [5.41, 5.74) is 0.505. The molecule has 1 aliphatic rings.